The number of hydrogen-bond acceptors (Lipinski definition) is 7. The van der Waals surface area contributed by atoms with Gasteiger partial charge >= 0.3 is 5.97 Å². The Morgan fingerprint density at radius 2 is 1.86 bits per heavy atom. The molecule has 0 aliphatic heterocycles. The van der Waals surface area contributed by atoms with Gasteiger partial charge in [0.1, 0.15) is 0 Å². The van der Waals surface area contributed by atoms with E-state index in [0.717, 1.165) is 0 Å². The summed E-state index contributed by atoms with van der Waals surface area (Å²) in [6.07, 6.45) is 0.0939. The van der Waals surface area contributed by atoms with Gasteiger partial charge in [0.15, 0.2) is 11.5 Å². The average molecular weight is 406 g/mol. The average Bonchev–Trinajstić information content (AvgIpc) is 3.04. The summed E-state index contributed by atoms with van der Waals surface area (Å²) in [5.41, 5.74) is -0.434. The van der Waals surface area contributed by atoms with Crippen molar-refractivity contribution in [1.82, 2.24) is 10.2 Å². The Morgan fingerprint density at radius 1 is 1.17 bits per heavy atom. The molecule has 1 heterocycles. The summed E-state index contributed by atoms with van der Waals surface area (Å²) in [6, 6.07) is 3.37. The van der Waals surface area contributed by atoms with E-state index in [1.807, 2.05) is 0 Å². The first kappa shape index (κ1) is 20.8. The van der Waals surface area contributed by atoms with Crippen LogP contribution in [0.3, 0.4) is 0 Å². The number of ether oxygens (including phenoxy) is 4. The van der Waals surface area contributed by atoms with Crippen LogP contribution in [0.1, 0.15) is 36.6 Å². The van der Waals surface area contributed by atoms with Gasteiger partial charge in [-0.05, 0) is 19.9 Å². The minimum Gasteiger partial charge on any atom is -0.493 e. The fourth-order valence-corrected chi connectivity index (χ4v) is 4.19. The number of H-pyrrole nitrogens is 2. The topological polar surface area (TPSA) is 123 Å². The van der Waals surface area contributed by atoms with E-state index >= 15 is 0 Å². The lowest BCUT2D eigenvalue weighted by atomic mass is 9.66. The third kappa shape index (κ3) is 3.35. The van der Waals surface area contributed by atoms with Gasteiger partial charge in [-0.3, -0.25) is 14.7 Å². The predicted octanol–water partition coefficient (Wildman–Crippen LogP) is 1.35. The van der Waals surface area contributed by atoms with Crippen molar-refractivity contribution in [2.24, 2.45) is 5.92 Å². The van der Waals surface area contributed by atoms with E-state index in [0.29, 0.717) is 34.1 Å². The molecule has 0 spiro atoms. The quantitative estimate of drug-likeness (QED) is 0.619. The lowest BCUT2D eigenvalue weighted by Crippen LogP contribution is -2.50. The van der Waals surface area contributed by atoms with Crippen LogP contribution < -0.4 is 19.8 Å². The molecule has 2 aromatic rings. The third-order valence-electron chi connectivity index (χ3n) is 5.36. The van der Waals surface area contributed by atoms with Crippen LogP contribution in [0.25, 0.3) is 0 Å². The summed E-state index contributed by atoms with van der Waals surface area (Å²) in [7, 11) is 4.43. The van der Waals surface area contributed by atoms with Crippen molar-refractivity contribution < 1.29 is 28.8 Å². The highest BCUT2D eigenvalue weighted by Gasteiger charge is 2.52. The number of aromatic nitrogens is 2. The molecule has 0 saturated heterocycles. The molecule has 0 amide bonds. The smallest absolute Gasteiger partial charge is 0.312 e. The van der Waals surface area contributed by atoms with E-state index < -0.39 is 23.4 Å². The number of methoxy groups -OCH3 is 3. The molecule has 9 nitrogen and oxygen atoms in total. The molecule has 1 aromatic heterocycles. The van der Waals surface area contributed by atoms with E-state index in [1.165, 1.54) is 21.3 Å². The van der Waals surface area contributed by atoms with Crippen LogP contribution in [0.15, 0.2) is 16.9 Å². The monoisotopic (exact) mass is 406 g/mol. The Kier molecular flexibility index (Phi) is 5.61. The highest BCUT2D eigenvalue weighted by Crippen LogP contribution is 2.50. The van der Waals surface area contributed by atoms with Crippen molar-refractivity contribution in [3.05, 3.63) is 39.3 Å². The molecule has 0 fully saturated rings. The molecule has 1 aromatic carbocycles. The van der Waals surface area contributed by atoms with Gasteiger partial charge in [-0.2, -0.15) is 0 Å². The molecule has 29 heavy (non-hydrogen) atoms. The largest absolute Gasteiger partial charge is 0.493 e. The van der Waals surface area contributed by atoms with E-state index in [-0.39, 0.29) is 18.6 Å². The second kappa shape index (κ2) is 7.82. The molecule has 3 unspecified atom stereocenters. The zero-order chi connectivity index (χ0) is 21.3. The molecular weight excluding hydrogens is 380 g/mol. The number of esters is 1. The second-order valence-electron chi connectivity index (χ2n) is 7.14. The SMILES string of the molecule is CCOC(=O)C1C(c2ccc(OC)c(OC)c2OC)c2c([nH][nH]c2=O)CC1(C)O. The summed E-state index contributed by atoms with van der Waals surface area (Å²) < 4.78 is 21.6. The van der Waals surface area contributed by atoms with Crippen molar-refractivity contribution in [3.8, 4) is 17.2 Å². The van der Waals surface area contributed by atoms with Gasteiger partial charge in [-0.1, -0.05) is 6.07 Å². The molecule has 0 radical (unpaired) electrons. The van der Waals surface area contributed by atoms with E-state index in [1.54, 1.807) is 26.0 Å². The zero-order valence-corrected chi connectivity index (χ0v) is 17.1. The maximum atomic E-state index is 12.9. The molecule has 1 aliphatic carbocycles. The maximum absolute atomic E-state index is 12.9. The van der Waals surface area contributed by atoms with Gasteiger partial charge in [0.25, 0.3) is 5.56 Å². The number of carbonyl (C=O) groups is 1. The van der Waals surface area contributed by atoms with Crippen LogP contribution in [-0.4, -0.2) is 54.8 Å². The molecule has 3 N–H and O–H groups in total. The predicted molar refractivity (Wildman–Crippen MR) is 104 cm³/mol. The first-order chi connectivity index (χ1) is 13.8. The summed E-state index contributed by atoms with van der Waals surface area (Å²) >= 11 is 0. The Labute approximate surface area is 167 Å². The number of hydrogen-bond donors (Lipinski definition) is 3. The Balaban J connectivity index is 2.32. The van der Waals surface area contributed by atoms with Crippen LogP contribution in [0.4, 0.5) is 0 Å². The van der Waals surface area contributed by atoms with Crippen molar-refractivity contribution >= 4 is 5.97 Å². The van der Waals surface area contributed by atoms with Gasteiger partial charge in [0.2, 0.25) is 5.75 Å². The number of carbonyl (C=O) groups excluding carboxylic acids is 1. The van der Waals surface area contributed by atoms with Crippen molar-refractivity contribution in [3.63, 3.8) is 0 Å². The standard InChI is InChI=1S/C20H26N2O7/c1-6-29-19(24)15-13(14-11(9-20(15,2)25)21-22-18(14)23)10-7-8-12(26-3)17(28-5)16(10)27-4/h7-8,13,15,25H,6,9H2,1-5H3,(H2,21,22,23). The molecule has 3 atom stereocenters. The highest BCUT2D eigenvalue weighted by molar-refractivity contribution is 5.78. The molecule has 9 heteroatoms. The van der Waals surface area contributed by atoms with Gasteiger partial charge in [0, 0.05) is 29.2 Å². The summed E-state index contributed by atoms with van der Waals surface area (Å²) in [4.78, 5) is 25.6. The van der Waals surface area contributed by atoms with Crippen molar-refractivity contribution in [2.45, 2.75) is 31.8 Å². The molecule has 1 aliphatic rings. The van der Waals surface area contributed by atoms with Crippen LogP contribution in [0, 0.1) is 5.92 Å². The van der Waals surface area contributed by atoms with Crippen molar-refractivity contribution in [1.29, 1.82) is 0 Å². The number of rotatable bonds is 6. The van der Waals surface area contributed by atoms with Gasteiger partial charge < -0.3 is 29.2 Å². The Hall–Kier alpha value is -2.94. The van der Waals surface area contributed by atoms with Crippen LogP contribution in [-0.2, 0) is 16.0 Å². The Morgan fingerprint density at radius 3 is 2.45 bits per heavy atom. The van der Waals surface area contributed by atoms with Gasteiger partial charge in [0.05, 0.1) is 39.5 Å². The van der Waals surface area contributed by atoms with Gasteiger partial charge in [-0.15, -0.1) is 0 Å². The molecule has 158 valence electrons. The number of benzene rings is 1. The fourth-order valence-electron chi connectivity index (χ4n) is 4.19. The molecular formula is C20H26N2O7. The normalized spacial score (nSPS) is 23.2. The summed E-state index contributed by atoms with van der Waals surface area (Å²) in [5, 5.41) is 16.5. The van der Waals surface area contributed by atoms with Crippen molar-refractivity contribution in [2.75, 3.05) is 27.9 Å². The molecule has 0 bridgehead atoms. The van der Waals surface area contributed by atoms with E-state index in [4.69, 9.17) is 18.9 Å². The number of fused-ring (bicyclic) bond motifs is 1. The van der Waals surface area contributed by atoms with E-state index in [9.17, 15) is 14.7 Å². The third-order valence-corrected chi connectivity index (χ3v) is 5.36. The van der Waals surface area contributed by atoms with E-state index in [2.05, 4.69) is 10.2 Å². The summed E-state index contributed by atoms with van der Waals surface area (Å²) in [6.45, 7) is 3.40. The fraction of sp³-hybridized carbons (Fsp3) is 0.500. The lowest BCUT2D eigenvalue weighted by Gasteiger charge is -2.40. The van der Waals surface area contributed by atoms with Crippen LogP contribution >= 0.6 is 0 Å². The van der Waals surface area contributed by atoms with Gasteiger partial charge in [-0.25, -0.2) is 0 Å². The molecule has 3 rings (SSSR count). The number of aromatic amines is 2. The Bertz CT molecular complexity index is 960. The first-order valence-electron chi connectivity index (χ1n) is 9.27. The van der Waals surface area contributed by atoms with Crippen LogP contribution in [0.5, 0.6) is 17.2 Å². The minimum atomic E-state index is -1.47. The minimum absolute atomic E-state index is 0.0939. The lowest BCUT2D eigenvalue weighted by molar-refractivity contribution is -0.159. The highest BCUT2D eigenvalue weighted by atomic mass is 16.5. The first-order valence-corrected chi connectivity index (χ1v) is 9.27. The second-order valence-corrected chi connectivity index (χ2v) is 7.14. The zero-order valence-electron chi connectivity index (χ0n) is 17.1. The number of nitrogens with one attached hydrogen (secondary N) is 2. The van der Waals surface area contributed by atoms with Crippen LogP contribution in [0.2, 0.25) is 0 Å². The summed E-state index contributed by atoms with van der Waals surface area (Å²) in [5.74, 6) is -1.36. The molecule has 0 saturated carbocycles. The number of aliphatic hydroxyl groups is 1. The maximum Gasteiger partial charge on any atom is 0.312 e.